The standard InChI is InChI=1S/C12H11N3O2/c1-2-17-12(16)8-7-13-15-10-6-4-3-5-9(10)14-11(8)15/h3-7,13H,2H2,1H3. The van der Waals surface area contributed by atoms with Crippen molar-refractivity contribution in [3.8, 4) is 0 Å². The van der Waals surface area contributed by atoms with Crippen molar-refractivity contribution in [3.05, 3.63) is 36.0 Å². The number of H-pyrrole nitrogens is 1. The predicted octanol–water partition coefficient (Wildman–Crippen LogP) is 1.99. The molecule has 1 N–H and O–H groups in total. The molecule has 0 fully saturated rings. The third kappa shape index (κ3) is 1.39. The predicted molar refractivity (Wildman–Crippen MR) is 63.0 cm³/mol. The molecular formula is C12H11N3O2. The molecule has 1 aromatic carbocycles. The average Bonchev–Trinajstić information content (AvgIpc) is 2.87. The summed E-state index contributed by atoms with van der Waals surface area (Å²) in [6.07, 6.45) is 1.62. The van der Waals surface area contributed by atoms with Crippen LogP contribution in [0.4, 0.5) is 0 Å². The van der Waals surface area contributed by atoms with Crippen LogP contribution in [0, 0.1) is 0 Å². The molecule has 2 aromatic heterocycles. The van der Waals surface area contributed by atoms with Gasteiger partial charge in [0.2, 0.25) is 0 Å². The van der Waals surface area contributed by atoms with Gasteiger partial charge in [0, 0.05) is 6.20 Å². The molecule has 0 radical (unpaired) electrons. The Morgan fingerprint density at radius 3 is 3.12 bits per heavy atom. The van der Waals surface area contributed by atoms with E-state index in [9.17, 15) is 4.79 Å². The summed E-state index contributed by atoms with van der Waals surface area (Å²) in [5, 5.41) is 3.00. The summed E-state index contributed by atoms with van der Waals surface area (Å²) < 4.78 is 6.76. The summed E-state index contributed by atoms with van der Waals surface area (Å²) in [4.78, 5) is 16.1. The first-order chi connectivity index (χ1) is 8.31. The Kier molecular flexibility index (Phi) is 2.11. The Morgan fingerprint density at radius 1 is 1.47 bits per heavy atom. The van der Waals surface area contributed by atoms with E-state index in [-0.39, 0.29) is 5.97 Å². The van der Waals surface area contributed by atoms with E-state index in [2.05, 4.69) is 10.1 Å². The molecule has 0 atom stereocenters. The number of imidazole rings is 1. The summed E-state index contributed by atoms with van der Waals surface area (Å²) in [5.41, 5.74) is 2.86. The molecule has 2 heterocycles. The van der Waals surface area contributed by atoms with Gasteiger partial charge < -0.3 is 4.74 Å². The number of hydrogen-bond acceptors (Lipinski definition) is 3. The van der Waals surface area contributed by atoms with Gasteiger partial charge in [0.25, 0.3) is 0 Å². The van der Waals surface area contributed by atoms with Gasteiger partial charge in [0.15, 0.2) is 5.65 Å². The lowest BCUT2D eigenvalue weighted by molar-refractivity contribution is 0.0528. The quantitative estimate of drug-likeness (QED) is 0.683. The largest absolute Gasteiger partial charge is 0.462 e. The highest BCUT2D eigenvalue weighted by Crippen LogP contribution is 2.18. The minimum Gasteiger partial charge on any atom is -0.462 e. The normalized spacial score (nSPS) is 11.1. The Hall–Kier alpha value is -2.30. The summed E-state index contributed by atoms with van der Waals surface area (Å²) >= 11 is 0. The molecule has 5 heteroatoms. The van der Waals surface area contributed by atoms with Crippen LogP contribution in [0.5, 0.6) is 0 Å². The molecule has 86 valence electrons. The minimum absolute atomic E-state index is 0.353. The number of aromatic amines is 1. The third-order valence-corrected chi connectivity index (χ3v) is 2.64. The minimum atomic E-state index is -0.353. The maximum absolute atomic E-state index is 11.7. The number of carbonyl (C=O) groups is 1. The molecule has 5 nitrogen and oxygen atoms in total. The molecule has 0 spiro atoms. The van der Waals surface area contributed by atoms with Crippen LogP contribution in [0.2, 0.25) is 0 Å². The number of carbonyl (C=O) groups excluding carboxylic acids is 1. The van der Waals surface area contributed by atoms with Gasteiger partial charge in [-0.2, -0.15) is 0 Å². The molecule has 0 amide bonds. The molecule has 3 aromatic rings. The van der Waals surface area contributed by atoms with Crippen LogP contribution in [-0.2, 0) is 4.74 Å². The summed E-state index contributed by atoms with van der Waals surface area (Å²) in [6, 6.07) is 7.70. The van der Waals surface area contributed by atoms with Crippen molar-refractivity contribution in [1.29, 1.82) is 0 Å². The summed E-state index contributed by atoms with van der Waals surface area (Å²) in [6.45, 7) is 2.14. The number of aromatic nitrogens is 3. The van der Waals surface area contributed by atoms with Gasteiger partial charge in [-0.1, -0.05) is 12.1 Å². The van der Waals surface area contributed by atoms with E-state index < -0.39 is 0 Å². The lowest BCUT2D eigenvalue weighted by Crippen LogP contribution is -2.03. The molecule has 0 bridgehead atoms. The molecule has 0 aliphatic heterocycles. The molecular weight excluding hydrogens is 218 g/mol. The Labute approximate surface area is 97.0 Å². The highest BCUT2D eigenvalue weighted by Gasteiger charge is 2.16. The SMILES string of the molecule is CCOC(=O)c1c[nH]n2c1nc1ccccc12. The number of fused-ring (bicyclic) bond motifs is 3. The Balaban J connectivity index is 2.24. The Bertz CT molecular complexity index is 696. The second-order valence-corrected chi connectivity index (χ2v) is 3.67. The average molecular weight is 229 g/mol. The zero-order chi connectivity index (χ0) is 11.8. The fourth-order valence-electron chi connectivity index (χ4n) is 1.89. The van der Waals surface area contributed by atoms with E-state index in [0.29, 0.717) is 17.8 Å². The lowest BCUT2D eigenvalue weighted by atomic mass is 10.3. The fraction of sp³-hybridized carbons (Fsp3) is 0.167. The number of ether oxygens (including phenoxy) is 1. The van der Waals surface area contributed by atoms with Gasteiger partial charge in [0.05, 0.1) is 17.6 Å². The number of nitrogens with one attached hydrogen (secondary N) is 1. The van der Waals surface area contributed by atoms with Crippen molar-refractivity contribution in [3.63, 3.8) is 0 Å². The summed E-state index contributed by atoms with van der Waals surface area (Å²) in [5.74, 6) is -0.353. The zero-order valence-electron chi connectivity index (χ0n) is 9.30. The molecule has 3 rings (SSSR count). The van der Waals surface area contributed by atoms with Crippen molar-refractivity contribution >= 4 is 22.6 Å². The van der Waals surface area contributed by atoms with E-state index in [1.54, 1.807) is 17.6 Å². The third-order valence-electron chi connectivity index (χ3n) is 2.64. The fourth-order valence-corrected chi connectivity index (χ4v) is 1.89. The van der Waals surface area contributed by atoms with Crippen LogP contribution >= 0.6 is 0 Å². The van der Waals surface area contributed by atoms with E-state index in [0.717, 1.165) is 11.0 Å². The first-order valence-electron chi connectivity index (χ1n) is 5.43. The van der Waals surface area contributed by atoms with Crippen LogP contribution in [0.1, 0.15) is 17.3 Å². The second-order valence-electron chi connectivity index (χ2n) is 3.67. The van der Waals surface area contributed by atoms with Gasteiger partial charge in [-0.25, -0.2) is 14.3 Å². The van der Waals surface area contributed by atoms with Crippen molar-refractivity contribution in [2.75, 3.05) is 6.61 Å². The van der Waals surface area contributed by atoms with E-state index >= 15 is 0 Å². The monoisotopic (exact) mass is 229 g/mol. The van der Waals surface area contributed by atoms with E-state index in [4.69, 9.17) is 4.74 Å². The number of benzene rings is 1. The molecule has 0 unspecified atom stereocenters. The topological polar surface area (TPSA) is 59.4 Å². The zero-order valence-corrected chi connectivity index (χ0v) is 9.30. The second kappa shape index (κ2) is 3.62. The first kappa shape index (κ1) is 9.89. The van der Waals surface area contributed by atoms with Crippen LogP contribution in [-0.4, -0.2) is 27.2 Å². The number of nitrogens with zero attached hydrogens (tertiary/aromatic N) is 2. The smallest absolute Gasteiger partial charge is 0.343 e. The lowest BCUT2D eigenvalue weighted by Gasteiger charge is -1.96. The first-order valence-corrected chi connectivity index (χ1v) is 5.43. The molecule has 0 aliphatic carbocycles. The molecule has 0 saturated carbocycles. The molecule has 17 heavy (non-hydrogen) atoms. The van der Waals surface area contributed by atoms with Gasteiger partial charge in [-0.05, 0) is 19.1 Å². The van der Waals surface area contributed by atoms with Gasteiger partial charge >= 0.3 is 5.97 Å². The van der Waals surface area contributed by atoms with Crippen LogP contribution < -0.4 is 0 Å². The highest BCUT2D eigenvalue weighted by atomic mass is 16.5. The molecule has 0 aliphatic rings. The van der Waals surface area contributed by atoms with Crippen LogP contribution in [0.15, 0.2) is 30.5 Å². The highest BCUT2D eigenvalue weighted by molar-refractivity contribution is 5.98. The van der Waals surface area contributed by atoms with Crippen LogP contribution in [0.3, 0.4) is 0 Å². The van der Waals surface area contributed by atoms with Crippen molar-refractivity contribution in [2.45, 2.75) is 6.92 Å². The number of esters is 1. The van der Waals surface area contributed by atoms with Crippen LogP contribution in [0.25, 0.3) is 16.7 Å². The summed E-state index contributed by atoms with van der Waals surface area (Å²) in [7, 11) is 0. The van der Waals surface area contributed by atoms with Gasteiger partial charge in [-0.15, -0.1) is 0 Å². The number of rotatable bonds is 2. The van der Waals surface area contributed by atoms with E-state index in [1.807, 2.05) is 24.3 Å². The maximum Gasteiger partial charge on any atom is 0.343 e. The number of para-hydroxylation sites is 2. The van der Waals surface area contributed by atoms with E-state index in [1.165, 1.54) is 0 Å². The van der Waals surface area contributed by atoms with Crippen molar-refractivity contribution in [1.82, 2.24) is 14.6 Å². The molecule has 0 saturated heterocycles. The van der Waals surface area contributed by atoms with Crippen molar-refractivity contribution < 1.29 is 9.53 Å². The van der Waals surface area contributed by atoms with Gasteiger partial charge in [-0.3, -0.25) is 5.10 Å². The maximum atomic E-state index is 11.7. The number of hydrogen-bond donors (Lipinski definition) is 1. The van der Waals surface area contributed by atoms with Gasteiger partial charge in [0.1, 0.15) is 5.56 Å². The van der Waals surface area contributed by atoms with Crippen molar-refractivity contribution in [2.24, 2.45) is 0 Å². The Morgan fingerprint density at radius 2 is 2.29 bits per heavy atom.